The quantitative estimate of drug-likeness (QED) is 0.393. The molecule has 0 fully saturated rings. The number of amides is 2. The molecule has 0 spiro atoms. The molecule has 160 valence electrons. The number of carbonyl (C=O) groups excluding carboxylic acids is 2. The molecule has 0 aliphatic heterocycles. The maximum Gasteiger partial charge on any atom is 0.240 e. The minimum atomic E-state index is -0.346. The summed E-state index contributed by atoms with van der Waals surface area (Å²) in [5.74, 6) is 0.649. The zero-order valence-electron chi connectivity index (χ0n) is 17.3. The average Bonchev–Trinajstić information content (AvgIpc) is 2.71. The summed E-state index contributed by atoms with van der Waals surface area (Å²) in [5.41, 5.74) is 4.87. The van der Waals surface area contributed by atoms with E-state index in [1.54, 1.807) is 6.07 Å². The van der Waals surface area contributed by atoms with Crippen LogP contribution in [0.25, 0.3) is 0 Å². The summed E-state index contributed by atoms with van der Waals surface area (Å²) in [6, 6.07) is 11.1. The van der Waals surface area contributed by atoms with Crippen LogP contribution in [0.2, 0.25) is 0 Å². The molecule has 2 rings (SSSR count). The third-order valence-electron chi connectivity index (χ3n) is 4.02. The van der Waals surface area contributed by atoms with Crippen molar-refractivity contribution in [3.8, 4) is 11.5 Å². The van der Waals surface area contributed by atoms with Crippen molar-refractivity contribution in [2.45, 2.75) is 33.6 Å². The van der Waals surface area contributed by atoms with Crippen LogP contribution < -0.4 is 20.2 Å². The Labute approximate surface area is 185 Å². The molecule has 0 bridgehead atoms. The molecule has 0 unspecified atom stereocenters. The Morgan fingerprint density at radius 2 is 1.77 bits per heavy atom. The van der Waals surface area contributed by atoms with E-state index in [1.165, 1.54) is 6.21 Å². The number of hydrogen-bond donors (Lipinski definition) is 2. The van der Waals surface area contributed by atoms with Crippen molar-refractivity contribution >= 4 is 39.6 Å². The highest BCUT2D eigenvalue weighted by molar-refractivity contribution is 9.10. The fourth-order valence-electron chi connectivity index (χ4n) is 2.60. The van der Waals surface area contributed by atoms with Gasteiger partial charge in [-0.3, -0.25) is 9.59 Å². The monoisotopic (exact) mass is 475 g/mol. The number of para-hydroxylation sites is 1. The van der Waals surface area contributed by atoms with Crippen LogP contribution in [0.5, 0.6) is 11.5 Å². The normalized spacial score (nSPS) is 10.7. The lowest BCUT2D eigenvalue weighted by atomic mass is 10.2. The Morgan fingerprint density at radius 3 is 2.47 bits per heavy atom. The highest BCUT2D eigenvalue weighted by Gasteiger charge is 2.11. The summed E-state index contributed by atoms with van der Waals surface area (Å²) < 4.78 is 11.9. The van der Waals surface area contributed by atoms with Crippen LogP contribution >= 0.6 is 15.9 Å². The Kier molecular flexibility index (Phi) is 9.34. The average molecular weight is 476 g/mol. The third-order valence-corrected chi connectivity index (χ3v) is 4.61. The smallest absolute Gasteiger partial charge is 0.240 e. The molecule has 0 radical (unpaired) electrons. The van der Waals surface area contributed by atoms with Crippen LogP contribution in [0.3, 0.4) is 0 Å². The largest absolute Gasteiger partial charge is 0.490 e. The Hall–Kier alpha value is -2.87. The number of ether oxygens (including phenoxy) is 2. The molecule has 0 aromatic heterocycles. The summed E-state index contributed by atoms with van der Waals surface area (Å²) in [6.45, 7) is 6.70. The molecule has 2 amide bonds. The molecule has 0 aliphatic carbocycles. The first-order valence-electron chi connectivity index (χ1n) is 9.71. The van der Waals surface area contributed by atoms with E-state index in [1.807, 2.05) is 51.1 Å². The second-order valence-electron chi connectivity index (χ2n) is 6.35. The fraction of sp³-hybridized carbons (Fsp3) is 0.318. The molecule has 2 N–H and O–H groups in total. The van der Waals surface area contributed by atoms with E-state index in [9.17, 15) is 9.59 Å². The molecule has 0 saturated heterocycles. The van der Waals surface area contributed by atoms with Crippen LogP contribution in [0.15, 0.2) is 46.0 Å². The molecular formula is C22H26BrN3O4. The molecule has 7 nitrogen and oxygen atoms in total. The van der Waals surface area contributed by atoms with Crippen molar-refractivity contribution in [3.05, 3.63) is 52.0 Å². The van der Waals surface area contributed by atoms with E-state index in [4.69, 9.17) is 9.47 Å². The molecular weight excluding hydrogens is 450 g/mol. The second kappa shape index (κ2) is 12.0. The van der Waals surface area contributed by atoms with Crippen LogP contribution in [-0.4, -0.2) is 31.2 Å². The molecule has 30 heavy (non-hydrogen) atoms. The van der Waals surface area contributed by atoms with Crippen molar-refractivity contribution in [3.63, 3.8) is 0 Å². The number of nitrogens with zero attached hydrogens (tertiary/aromatic N) is 1. The van der Waals surface area contributed by atoms with Crippen molar-refractivity contribution in [2.24, 2.45) is 5.10 Å². The van der Waals surface area contributed by atoms with Gasteiger partial charge in [0.05, 0.1) is 23.9 Å². The number of rotatable bonds is 10. The predicted molar refractivity (Wildman–Crippen MR) is 121 cm³/mol. The van der Waals surface area contributed by atoms with Gasteiger partial charge in [-0.2, -0.15) is 5.10 Å². The maximum absolute atomic E-state index is 12.0. The van der Waals surface area contributed by atoms with Gasteiger partial charge in [-0.1, -0.05) is 18.2 Å². The molecule has 0 heterocycles. The summed E-state index contributed by atoms with van der Waals surface area (Å²) in [4.78, 5) is 24.0. The van der Waals surface area contributed by atoms with Crippen molar-refractivity contribution < 1.29 is 19.1 Å². The lowest BCUT2D eigenvalue weighted by Gasteiger charge is -2.13. The lowest BCUT2D eigenvalue weighted by Crippen LogP contribution is -2.20. The van der Waals surface area contributed by atoms with Gasteiger partial charge in [0, 0.05) is 18.5 Å². The van der Waals surface area contributed by atoms with Crippen LogP contribution in [0, 0.1) is 6.92 Å². The van der Waals surface area contributed by atoms with Crippen molar-refractivity contribution in [1.29, 1.82) is 0 Å². The number of halogens is 1. The zero-order chi connectivity index (χ0) is 21.9. The molecule has 0 atom stereocenters. The number of aryl methyl sites for hydroxylation is 1. The number of nitrogens with one attached hydrogen (secondary N) is 2. The first kappa shape index (κ1) is 23.4. The number of benzene rings is 2. The minimum absolute atomic E-state index is 0.0340. The zero-order valence-corrected chi connectivity index (χ0v) is 18.9. The van der Waals surface area contributed by atoms with E-state index in [2.05, 4.69) is 31.8 Å². The molecule has 2 aromatic rings. The lowest BCUT2D eigenvalue weighted by molar-refractivity contribution is -0.124. The number of hydrogen-bond acceptors (Lipinski definition) is 5. The van der Waals surface area contributed by atoms with Gasteiger partial charge in [-0.15, -0.1) is 0 Å². The van der Waals surface area contributed by atoms with E-state index in [0.717, 1.165) is 21.3 Å². The predicted octanol–water partition coefficient (Wildman–Crippen LogP) is 4.42. The molecule has 8 heteroatoms. The summed E-state index contributed by atoms with van der Waals surface area (Å²) in [7, 11) is 0. The second-order valence-corrected chi connectivity index (χ2v) is 7.21. The van der Waals surface area contributed by atoms with Gasteiger partial charge in [0.2, 0.25) is 11.8 Å². The SMILES string of the molecule is CCOc1cc(C=NNC(=O)CCC(=O)Nc2ccccc2C)cc(Br)c1OCC. The maximum atomic E-state index is 12.0. The Bertz CT molecular complexity index is 915. The molecule has 0 aliphatic rings. The molecule has 0 saturated carbocycles. The van der Waals surface area contributed by atoms with E-state index in [-0.39, 0.29) is 24.7 Å². The van der Waals surface area contributed by atoms with Gasteiger partial charge >= 0.3 is 0 Å². The number of hydrazone groups is 1. The van der Waals surface area contributed by atoms with Gasteiger partial charge in [0.15, 0.2) is 11.5 Å². The minimum Gasteiger partial charge on any atom is -0.490 e. The van der Waals surface area contributed by atoms with E-state index in [0.29, 0.717) is 24.7 Å². The van der Waals surface area contributed by atoms with Crippen LogP contribution in [0.4, 0.5) is 5.69 Å². The van der Waals surface area contributed by atoms with Gasteiger partial charge in [0.25, 0.3) is 0 Å². The van der Waals surface area contributed by atoms with Gasteiger partial charge in [-0.25, -0.2) is 5.43 Å². The van der Waals surface area contributed by atoms with Crippen LogP contribution in [0.1, 0.15) is 37.8 Å². The molecule has 2 aromatic carbocycles. The number of carbonyl (C=O) groups is 2. The van der Waals surface area contributed by atoms with E-state index < -0.39 is 0 Å². The van der Waals surface area contributed by atoms with Gasteiger partial charge in [-0.05, 0) is 66.0 Å². The highest BCUT2D eigenvalue weighted by atomic mass is 79.9. The first-order chi connectivity index (χ1) is 14.4. The summed E-state index contributed by atoms with van der Waals surface area (Å²) in [5, 5.41) is 6.76. The van der Waals surface area contributed by atoms with Gasteiger partial charge < -0.3 is 14.8 Å². The van der Waals surface area contributed by atoms with Crippen molar-refractivity contribution in [1.82, 2.24) is 5.43 Å². The Balaban J connectivity index is 1.88. The van der Waals surface area contributed by atoms with Crippen molar-refractivity contribution in [2.75, 3.05) is 18.5 Å². The van der Waals surface area contributed by atoms with Gasteiger partial charge in [0.1, 0.15) is 0 Å². The summed E-state index contributed by atoms with van der Waals surface area (Å²) >= 11 is 3.46. The number of anilines is 1. The topological polar surface area (TPSA) is 89.0 Å². The fourth-order valence-corrected chi connectivity index (χ4v) is 3.17. The first-order valence-corrected chi connectivity index (χ1v) is 10.5. The third kappa shape index (κ3) is 7.18. The Morgan fingerprint density at radius 1 is 1.07 bits per heavy atom. The highest BCUT2D eigenvalue weighted by Crippen LogP contribution is 2.36. The standard InChI is InChI=1S/C22H26BrN3O4/c1-4-29-19-13-16(12-17(23)22(19)30-5-2)14-24-26-21(28)11-10-20(27)25-18-9-7-6-8-15(18)3/h6-9,12-14H,4-5,10-11H2,1-3H3,(H,25,27)(H,26,28). The van der Waals surface area contributed by atoms with E-state index >= 15 is 0 Å². The van der Waals surface area contributed by atoms with Crippen LogP contribution in [-0.2, 0) is 9.59 Å². The summed E-state index contributed by atoms with van der Waals surface area (Å²) in [6.07, 6.45) is 1.61.